The number of amides is 1. The Morgan fingerprint density at radius 2 is 1.64 bits per heavy atom. The normalized spacial score (nSPS) is 11.8. The Morgan fingerprint density at radius 3 is 2.18 bits per heavy atom. The lowest BCUT2D eigenvalue weighted by Gasteiger charge is -2.22. The van der Waals surface area contributed by atoms with Crippen LogP contribution in [0, 0.1) is 12.8 Å². The van der Waals surface area contributed by atoms with Crippen molar-refractivity contribution < 1.29 is 38.1 Å². The molecule has 0 saturated carbocycles. The molecule has 0 saturated heterocycles. The summed E-state index contributed by atoms with van der Waals surface area (Å²) in [6.45, 7) is 12.0. The third kappa shape index (κ3) is 9.93. The van der Waals surface area contributed by atoms with Crippen LogP contribution in [0.2, 0.25) is 0 Å². The molecule has 0 aromatic heterocycles. The summed E-state index contributed by atoms with van der Waals surface area (Å²) < 4.78 is 20.7. The number of benzene rings is 1. The summed E-state index contributed by atoms with van der Waals surface area (Å²) >= 11 is 0. The molecule has 1 atom stereocenters. The number of carbonyl (C=O) groups is 4. The zero-order valence-corrected chi connectivity index (χ0v) is 20.5. The van der Waals surface area contributed by atoms with Crippen LogP contribution in [0.1, 0.15) is 64.7 Å². The fourth-order valence-corrected chi connectivity index (χ4v) is 3.11. The number of hydrogen-bond acceptors (Lipinski definition) is 8. The predicted octanol–water partition coefficient (Wildman–Crippen LogP) is 4.08. The van der Waals surface area contributed by atoms with Crippen molar-refractivity contribution in [2.75, 3.05) is 18.5 Å². The highest BCUT2D eigenvalue weighted by Gasteiger charge is 2.27. The number of hydrogen-bond donors (Lipinski definition) is 1. The zero-order chi connectivity index (χ0) is 25.2. The summed E-state index contributed by atoms with van der Waals surface area (Å²) in [5, 5.41) is 2.70. The van der Waals surface area contributed by atoms with Gasteiger partial charge in [-0.25, -0.2) is 4.79 Å². The van der Waals surface area contributed by atoms with Crippen molar-refractivity contribution in [1.82, 2.24) is 0 Å². The molecule has 0 spiro atoms. The topological polar surface area (TPSA) is 117 Å². The molecule has 184 valence electrons. The lowest BCUT2D eigenvalue weighted by molar-refractivity contribution is -0.154. The molecule has 0 aliphatic rings. The Labute approximate surface area is 195 Å². The summed E-state index contributed by atoms with van der Waals surface area (Å²) in [7, 11) is 0. The van der Waals surface area contributed by atoms with Crippen molar-refractivity contribution in [2.45, 2.75) is 73.5 Å². The number of anilines is 1. The van der Waals surface area contributed by atoms with Gasteiger partial charge in [-0.1, -0.05) is 6.07 Å². The van der Waals surface area contributed by atoms with E-state index in [1.54, 1.807) is 53.7 Å². The van der Waals surface area contributed by atoms with Crippen LogP contribution in [-0.2, 0) is 46.4 Å². The third-order valence-corrected chi connectivity index (χ3v) is 4.56. The van der Waals surface area contributed by atoms with Gasteiger partial charge in [-0.3, -0.25) is 19.7 Å². The second-order valence-corrected chi connectivity index (χ2v) is 8.45. The van der Waals surface area contributed by atoms with E-state index in [2.05, 4.69) is 5.32 Å². The van der Waals surface area contributed by atoms with Crippen molar-refractivity contribution in [3.05, 3.63) is 28.8 Å². The Kier molecular flexibility index (Phi) is 10.8. The number of esters is 3. The highest BCUT2D eigenvalue weighted by atomic mass is 16.6. The van der Waals surface area contributed by atoms with E-state index in [0.717, 1.165) is 0 Å². The first kappa shape index (κ1) is 27.9. The van der Waals surface area contributed by atoms with Crippen LogP contribution in [0.4, 0.5) is 10.5 Å². The van der Waals surface area contributed by atoms with E-state index in [1.165, 1.54) is 6.92 Å². The van der Waals surface area contributed by atoms with E-state index in [4.69, 9.17) is 18.9 Å². The van der Waals surface area contributed by atoms with Crippen molar-refractivity contribution in [3.63, 3.8) is 0 Å². The van der Waals surface area contributed by atoms with E-state index in [-0.39, 0.29) is 32.7 Å². The van der Waals surface area contributed by atoms with E-state index in [1.807, 2.05) is 0 Å². The lowest BCUT2D eigenvalue weighted by atomic mass is 9.90. The van der Waals surface area contributed by atoms with Crippen LogP contribution < -0.4 is 5.32 Å². The van der Waals surface area contributed by atoms with Crippen molar-refractivity contribution in [2.24, 2.45) is 5.92 Å². The molecule has 0 fully saturated rings. The third-order valence-electron chi connectivity index (χ3n) is 4.56. The minimum absolute atomic E-state index is 0.0602. The molecule has 1 aromatic carbocycles. The van der Waals surface area contributed by atoms with Crippen LogP contribution in [0.3, 0.4) is 0 Å². The lowest BCUT2D eigenvalue weighted by Crippen LogP contribution is -2.27. The van der Waals surface area contributed by atoms with E-state index in [9.17, 15) is 19.2 Å². The summed E-state index contributed by atoms with van der Waals surface area (Å²) in [5.41, 5.74) is 1.77. The van der Waals surface area contributed by atoms with Crippen molar-refractivity contribution >= 4 is 29.7 Å². The molecular weight excluding hydrogens is 430 g/mol. The first-order chi connectivity index (χ1) is 15.4. The summed E-state index contributed by atoms with van der Waals surface area (Å²) in [5.74, 6) is -2.27. The molecule has 0 bridgehead atoms. The Hall–Kier alpha value is -3.10. The van der Waals surface area contributed by atoms with Gasteiger partial charge in [0.25, 0.3) is 0 Å². The molecule has 1 aromatic rings. The van der Waals surface area contributed by atoms with E-state index in [0.29, 0.717) is 22.4 Å². The Balaban J connectivity index is 3.28. The Bertz CT molecular complexity index is 857. The van der Waals surface area contributed by atoms with Crippen molar-refractivity contribution in [3.8, 4) is 0 Å². The SMILES string of the molecule is CCOC(=O)C[C@@H](Cc1ccc(NC(=O)OC(C)(C)C)c(C)c1COC(C)=O)C(=O)OCC. The van der Waals surface area contributed by atoms with Gasteiger partial charge < -0.3 is 18.9 Å². The maximum Gasteiger partial charge on any atom is 0.412 e. The van der Waals surface area contributed by atoms with Gasteiger partial charge in [0.15, 0.2) is 0 Å². The van der Waals surface area contributed by atoms with Gasteiger partial charge in [-0.15, -0.1) is 0 Å². The molecule has 1 N–H and O–H groups in total. The van der Waals surface area contributed by atoms with Gasteiger partial charge in [0, 0.05) is 12.6 Å². The summed E-state index contributed by atoms with van der Waals surface area (Å²) in [6, 6.07) is 3.40. The molecule has 0 aliphatic heterocycles. The second kappa shape index (κ2) is 12.8. The van der Waals surface area contributed by atoms with Crippen LogP contribution in [0.5, 0.6) is 0 Å². The van der Waals surface area contributed by atoms with Gasteiger partial charge in [0.2, 0.25) is 0 Å². The smallest absolute Gasteiger partial charge is 0.412 e. The monoisotopic (exact) mass is 465 g/mol. The van der Waals surface area contributed by atoms with E-state index >= 15 is 0 Å². The van der Waals surface area contributed by atoms with Gasteiger partial charge >= 0.3 is 24.0 Å². The average Bonchev–Trinajstić information content (AvgIpc) is 2.67. The molecule has 1 rings (SSSR count). The maximum absolute atomic E-state index is 12.5. The molecule has 9 nitrogen and oxygen atoms in total. The zero-order valence-electron chi connectivity index (χ0n) is 20.5. The van der Waals surface area contributed by atoms with Crippen LogP contribution in [0.15, 0.2) is 12.1 Å². The van der Waals surface area contributed by atoms with Gasteiger partial charge in [-0.05, 0) is 70.7 Å². The molecule has 0 radical (unpaired) electrons. The van der Waals surface area contributed by atoms with Crippen molar-refractivity contribution in [1.29, 1.82) is 0 Å². The fourth-order valence-electron chi connectivity index (χ4n) is 3.11. The molecule has 9 heteroatoms. The Morgan fingerprint density at radius 1 is 1.00 bits per heavy atom. The fraction of sp³-hybridized carbons (Fsp3) is 0.583. The molecule has 1 amide bonds. The molecular formula is C24H35NO8. The van der Waals surface area contributed by atoms with Crippen LogP contribution >= 0.6 is 0 Å². The second-order valence-electron chi connectivity index (χ2n) is 8.45. The van der Waals surface area contributed by atoms with E-state index < -0.39 is 35.5 Å². The number of nitrogens with one attached hydrogen (secondary N) is 1. The largest absolute Gasteiger partial charge is 0.466 e. The minimum Gasteiger partial charge on any atom is -0.466 e. The summed E-state index contributed by atoms with van der Waals surface area (Å²) in [4.78, 5) is 48.2. The van der Waals surface area contributed by atoms with Crippen LogP contribution in [-0.4, -0.2) is 42.8 Å². The number of carbonyl (C=O) groups excluding carboxylic acids is 4. The quantitative estimate of drug-likeness (QED) is 0.406. The minimum atomic E-state index is -0.774. The molecule has 0 aliphatic carbocycles. The van der Waals surface area contributed by atoms with Gasteiger partial charge in [0.05, 0.1) is 25.6 Å². The van der Waals surface area contributed by atoms with Crippen LogP contribution in [0.25, 0.3) is 0 Å². The number of rotatable bonds is 10. The maximum atomic E-state index is 12.5. The predicted molar refractivity (Wildman–Crippen MR) is 122 cm³/mol. The average molecular weight is 466 g/mol. The molecule has 0 unspecified atom stereocenters. The first-order valence-corrected chi connectivity index (χ1v) is 10.9. The highest BCUT2D eigenvalue weighted by Crippen LogP contribution is 2.28. The molecule has 33 heavy (non-hydrogen) atoms. The first-order valence-electron chi connectivity index (χ1n) is 10.9. The summed E-state index contributed by atoms with van der Waals surface area (Å²) in [6.07, 6.45) is -0.596. The highest BCUT2D eigenvalue weighted by molar-refractivity contribution is 5.86. The number of ether oxygens (including phenoxy) is 4. The van der Waals surface area contributed by atoms with Gasteiger partial charge in [0.1, 0.15) is 12.2 Å². The standard InChI is InChI=1S/C24H35NO8/c1-8-30-21(27)13-18(22(28)31-9-2)12-17-10-11-20(25-23(29)33-24(5,6)7)15(3)19(17)14-32-16(4)26/h10-11,18H,8-9,12-14H2,1-7H3,(H,25,29)/t18-/m1/s1. The molecule has 0 heterocycles. The van der Waals surface area contributed by atoms with Gasteiger partial charge in [-0.2, -0.15) is 0 Å².